The van der Waals surface area contributed by atoms with Gasteiger partial charge in [0.05, 0.1) is 4.88 Å². The van der Waals surface area contributed by atoms with E-state index in [0.717, 1.165) is 12.2 Å². The van der Waals surface area contributed by atoms with Gasteiger partial charge in [-0.3, -0.25) is 0 Å². The van der Waals surface area contributed by atoms with Crippen molar-refractivity contribution in [2.24, 2.45) is 0 Å². The number of nitrogens with zero attached hydrogens (tertiary/aromatic N) is 3. The van der Waals surface area contributed by atoms with E-state index in [2.05, 4.69) is 47.7 Å². The molecule has 0 aliphatic carbocycles. The van der Waals surface area contributed by atoms with Crippen LogP contribution >= 0.6 is 11.3 Å². The van der Waals surface area contributed by atoms with Gasteiger partial charge in [-0.15, -0.1) is 21.5 Å². The first-order valence-corrected chi connectivity index (χ1v) is 6.02. The molecule has 2 aromatic rings. The molecule has 0 saturated carbocycles. The molecule has 0 unspecified atom stereocenters. The van der Waals surface area contributed by atoms with E-state index in [9.17, 15) is 0 Å². The summed E-state index contributed by atoms with van der Waals surface area (Å²) in [6, 6.07) is 4.70. The number of aryl methyl sites for hydroxylation is 1. The maximum atomic E-state index is 4.18. The fourth-order valence-corrected chi connectivity index (χ4v) is 2.42. The Morgan fingerprint density at radius 1 is 1.40 bits per heavy atom. The molecule has 0 saturated heterocycles. The summed E-state index contributed by atoms with van der Waals surface area (Å²) >= 11 is 1.80. The molecule has 0 aromatic carbocycles. The third-order valence-corrected chi connectivity index (χ3v) is 3.59. The predicted octanol–water partition coefficient (Wildman–Crippen LogP) is 3.15. The van der Waals surface area contributed by atoms with Crippen LogP contribution in [0.2, 0.25) is 0 Å². The summed E-state index contributed by atoms with van der Waals surface area (Å²) in [5.41, 5.74) is 0. The van der Waals surface area contributed by atoms with Crippen LogP contribution in [0.1, 0.15) is 31.7 Å². The summed E-state index contributed by atoms with van der Waals surface area (Å²) in [4.78, 5) is 2.60. The lowest BCUT2D eigenvalue weighted by Gasteiger charge is -2.07. The van der Waals surface area contributed by atoms with Crippen LogP contribution in [0.4, 0.5) is 0 Å². The number of hydrogen-bond donors (Lipinski definition) is 0. The fourth-order valence-electron chi connectivity index (χ4n) is 1.49. The highest BCUT2D eigenvalue weighted by molar-refractivity contribution is 7.15. The van der Waals surface area contributed by atoms with E-state index < -0.39 is 0 Å². The molecule has 2 aromatic heterocycles. The minimum absolute atomic E-state index is 0.405. The van der Waals surface area contributed by atoms with Crippen molar-refractivity contribution in [2.75, 3.05) is 0 Å². The summed E-state index contributed by atoms with van der Waals surface area (Å²) in [6.07, 6.45) is 2.88. The van der Waals surface area contributed by atoms with Gasteiger partial charge in [0.25, 0.3) is 0 Å². The van der Waals surface area contributed by atoms with E-state index in [4.69, 9.17) is 0 Å². The van der Waals surface area contributed by atoms with Crippen LogP contribution < -0.4 is 0 Å². The molecule has 15 heavy (non-hydrogen) atoms. The van der Waals surface area contributed by atoms with Gasteiger partial charge in [-0.25, -0.2) is 0 Å². The molecule has 0 aliphatic rings. The van der Waals surface area contributed by atoms with Crippen molar-refractivity contribution in [3.63, 3.8) is 0 Å². The summed E-state index contributed by atoms with van der Waals surface area (Å²) < 4.78 is 2.10. The Labute approximate surface area is 93.8 Å². The van der Waals surface area contributed by atoms with Gasteiger partial charge in [0.2, 0.25) is 0 Å². The third kappa shape index (κ3) is 1.95. The Balaban J connectivity index is 2.40. The van der Waals surface area contributed by atoms with Gasteiger partial charge in [-0.2, -0.15) is 0 Å². The fraction of sp³-hybridized carbons (Fsp3) is 0.455. The largest absolute Gasteiger partial charge is 0.310 e. The van der Waals surface area contributed by atoms with Crippen LogP contribution in [0.15, 0.2) is 18.5 Å². The highest BCUT2D eigenvalue weighted by Gasteiger charge is 2.11. The molecule has 0 radical (unpaired) electrons. The Bertz CT molecular complexity index is 442. The van der Waals surface area contributed by atoms with Crippen LogP contribution in [0.5, 0.6) is 0 Å². The van der Waals surface area contributed by atoms with Crippen molar-refractivity contribution >= 4 is 11.3 Å². The lowest BCUT2D eigenvalue weighted by Crippen LogP contribution is -2.00. The van der Waals surface area contributed by atoms with Crippen LogP contribution in [0, 0.1) is 0 Å². The molecule has 0 spiro atoms. The molecular formula is C11H15N3S. The number of aromatic nitrogens is 3. The molecule has 80 valence electrons. The van der Waals surface area contributed by atoms with Crippen molar-refractivity contribution in [3.05, 3.63) is 23.3 Å². The second-order valence-corrected chi connectivity index (χ2v) is 4.94. The second kappa shape index (κ2) is 4.14. The smallest absolute Gasteiger partial charge is 0.174 e. The first-order valence-electron chi connectivity index (χ1n) is 5.21. The van der Waals surface area contributed by atoms with Crippen LogP contribution in [-0.4, -0.2) is 14.8 Å². The van der Waals surface area contributed by atoms with Crippen molar-refractivity contribution in [1.29, 1.82) is 0 Å². The molecule has 0 amide bonds. The zero-order chi connectivity index (χ0) is 10.8. The maximum absolute atomic E-state index is 4.18. The van der Waals surface area contributed by atoms with Crippen molar-refractivity contribution < 1.29 is 0 Å². The molecule has 2 heterocycles. The maximum Gasteiger partial charge on any atom is 0.174 e. The van der Waals surface area contributed by atoms with E-state index in [-0.39, 0.29) is 0 Å². The highest BCUT2D eigenvalue weighted by Crippen LogP contribution is 2.28. The lowest BCUT2D eigenvalue weighted by atomic mass is 10.3. The Morgan fingerprint density at radius 3 is 2.80 bits per heavy atom. The Kier molecular flexibility index (Phi) is 2.86. The molecule has 2 rings (SSSR count). The van der Waals surface area contributed by atoms with Gasteiger partial charge in [0, 0.05) is 10.9 Å². The zero-order valence-corrected chi connectivity index (χ0v) is 10.1. The molecule has 0 aliphatic heterocycles. The van der Waals surface area contributed by atoms with Crippen molar-refractivity contribution in [1.82, 2.24) is 14.8 Å². The van der Waals surface area contributed by atoms with Crippen molar-refractivity contribution in [2.45, 2.75) is 33.2 Å². The number of rotatable bonds is 3. The lowest BCUT2D eigenvalue weighted by molar-refractivity contribution is 0.604. The van der Waals surface area contributed by atoms with Gasteiger partial charge in [0.1, 0.15) is 6.33 Å². The Hall–Kier alpha value is -1.16. The van der Waals surface area contributed by atoms with Gasteiger partial charge in [-0.1, -0.05) is 6.92 Å². The van der Waals surface area contributed by atoms with Gasteiger partial charge in [-0.05, 0) is 32.4 Å². The minimum Gasteiger partial charge on any atom is -0.310 e. The topological polar surface area (TPSA) is 30.7 Å². The average molecular weight is 221 g/mol. The molecule has 0 atom stereocenters. The molecule has 4 heteroatoms. The van der Waals surface area contributed by atoms with E-state index in [0.29, 0.717) is 6.04 Å². The monoisotopic (exact) mass is 221 g/mol. The molecule has 3 nitrogen and oxygen atoms in total. The highest BCUT2D eigenvalue weighted by atomic mass is 32.1. The number of thiophene rings is 1. The first kappa shape index (κ1) is 10.4. The normalized spacial score (nSPS) is 11.2. The van der Waals surface area contributed by atoms with Gasteiger partial charge in [0.15, 0.2) is 5.82 Å². The second-order valence-electron chi connectivity index (χ2n) is 3.78. The van der Waals surface area contributed by atoms with E-state index in [1.54, 1.807) is 17.7 Å². The molecule has 0 N–H and O–H groups in total. The summed E-state index contributed by atoms with van der Waals surface area (Å²) in [5.74, 6) is 0.981. The Morgan fingerprint density at radius 2 is 2.20 bits per heavy atom. The molecular weight excluding hydrogens is 206 g/mol. The number of hydrogen-bond acceptors (Lipinski definition) is 3. The van der Waals surface area contributed by atoms with Crippen LogP contribution in [0.3, 0.4) is 0 Å². The summed E-state index contributed by atoms with van der Waals surface area (Å²) in [5, 5.41) is 8.15. The van der Waals surface area contributed by atoms with E-state index >= 15 is 0 Å². The molecule has 0 fully saturated rings. The quantitative estimate of drug-likeness (QED) is 0.797. The first-order chi connectivity index (χ1) is 7.22. The zero-order valence-electron chi connectivity index (χ0n) is 9.27. The van der Waals surface area contributed by atoms with E-state index in [1.807, 2.05) is 0 Å². The third-order valence-electron chi connectivity index (χ3n) is 2.36. The van der Waals surface area contributed by atoms with Gasteiger partial charge >= 0.3 is 0 Å². The van der Waals surface area contributed by atoms with Crippen LogP contribution in [0.25, 0.3) is 10.7 Å². The van der Waals surface area contributed by atoms with Crippen molar-refractivity contribution in [3.8, 4) is 10.7 Å². The van der Waals surface area contributed by atoms with Gasteiger partial charge < -0.3 is 4.57 Å². The SMILES string of the molecule is CCc1ccc(-c2nncn2C(C)C)s1. The van der Waals surface area contributed by atoms with E-state index in [1.165, 1.54) is 9.75 Å². The minimum atomic E-state index is 0.405. The summed E-state index contributed by atoms with van der Waals surface area (Å²) in [6.45, 7) is 6.45. The molecule has 0 bridgehead atoms. The predicted molar refractivity (Wildman–Crippen MR) is 63.1 cm³/mol. The summed E-state index contributed by atoms with van der Waals surface area (Å²) in [7, 11) is 0. The van der Waals surface area contributed by atoms with Crippen LogP contribution in [-0.2, 0) is 6.42 Å². The standard InChI is InChI=1S/C11H15N3S/c1-4-9-5-6-10(15-9)11-13-12-7-14(11)8(2)3/h5-8H,4H2,1-3H3. The average Bonchev–Trinajstić information content (AvgIpc) is 2.85.